The lowest BCUT2D eigenvalue weighted by atomic mass is 10.1. The van der Waals surface area contributed by atoms with Crippen LogP contribution in [0.25, 0.3) is 0 Å². The van der Waals surface area contributed by atoms with Crippen molar-refractivity contribution >= 4 is 11.7 Å². The number of carbonyl (C=O) groups excluding carboxylic acids is 1. The van der Waals surface area contributed by atoms with Gasteiger partial charge >= 0.3 is 0 Å². The van der Waals surface area contributed by atoms with E-state index in [1.165, 1.54) is 0 Å². The molecule has 1 aromatic heterocycles. The standard InChI is InChI=1S/C12H18N4O/c1-9(17)16-6-4-5-11(16)10-7-13-8-12(14-10)15(2)3/h7-8,11H,4-6H2,1-3H3/t11-/m1/s1. The average Bonchev–Trinajstić information content (AvgIpc) is 2.78. The van der Waals surface area contributed by atoms with Crippen LogP contribution in [0.5, 0.6) is 0 Å². The Hall–Kier alpha value is -1.65. The molecule has 2 heterocycles. The number of rotatable bonds is 2. The van der Waals surface area contributed by atoms with Gasteiger partial charge in [-0.15, -0.1) is 0 Å². The average molecular weight is 234 g/mol. The quantitative estimate of drug-likeness (QED) is 0.772. The van der Waals surface area contributed by atoms with Crippen LogP contribution < -0.4 is 4.90 Å². The van der Waals surface area contributed by atoms with Crippen molar-refractivity contribution in [3.05, 3.63) is 18.1 Å². The summed E-state index contributed by atoms with van der Waals surface area (Å²) in [5.41, 5.74) is 0.893. The minimum Gasteiger partial charge on any atom is -0.361 e. The Labute approximate surface area is 101 Å². The molecular weight excluding hydrogens is 216 g/mol. The van der Waals surface area contributed by atoms with E-state index in [0.29, 0.717) is 0 Å². The van der Waals surface area contributed by atoms with Crippen molar-refractivity contribution in [2.24, 2.45) is 0 Å². The van der Waals surface area contributed by atoms with E-state index in [9.17, 15) is 4.79 Å². The number of likely N-dealkylation sites (tertiary alicyclic amines) is 1. The molecule has 0 bridgehead atoms. The molecular formula is C12H18N4O. The Balaban J connectivity index is 2.27. The van der Waals surface area contributed by atoms with E-state index in [0.717, 1.165) is 30.9 Å². The molecule has 1 aromatic rings. The van der Waals surface area contributed by atoms with E-state index in [2.05, 4.69) is 9.97 Å². The van der Waals surface area contributed by atoms with Gasteiger partial charge < -0.3 is 9.80 Å². The summed E-state index contributed by atoms with van der Waals surface area (Å²) in [4.78, 5) is 24.1. The Morgan fingerprint density at radius 2 is 2.24 bits per heavy atom. The van der Waals surface area contributed by atoms with Crippen molar-refractivity contribution in [3.63, 3.8) is 0 Å². The van der Waals surface area contributed by atoms with Gasteiger partial charge in [0, 0.05) is 27.6 Å². The normalized spacial score (nSPS) is 19.5. The SMILES string of the molecule is CC(=O)N1CCC[C@@H]1c1cncc(N(C)C)n1. The van der Waals surface area contributed by atoms with Gasteiger partial charge in [0.25, 0.3) is 0 Å². The zero-order valence-corrected chi connectivity index (χ0v) is 10.6. The van der Waals surface area contributed by atoms with Gasteiger partial charge in [-0.3, -0.25) is 9.78 Å². The number of amides is 1. The van der Waals surface area contributed by atoms with E-state index in [4.69, 9.17) is 0 Å². The maximum absolute atomic E-state index is 11.5. The third kappa shape index (κ3) is 2.38. The zero-order valence-electron chi connectivity index (χ0n) is 10.6. The molecule has 5 heteroatoms. The van der Waals surface area contributed by atoms with Gasteiger partial charge in [-0.2, -0.15) is 0 Å². The van der Waals surface area contributed by atoms with Crippen molar-refractivity contribution in [1.29, 1.82) is 0 Å². The van der Waals surface area contributed by atoms with Crippen LogP contribution in [0.1, 0.15) is 31.5 Å². The minimum atomic E-state index is 0.0971. The summed E-state index contributed by atoms with van der Waals surface area (Å²) in [6, 6.07) is 0.0971. The second-order valence-electron chi connectivity index (χ2n) is 4.57. The van der Waals surface area contributed by atoms with E-state index in [-0.39, 0.29) is 11.9 Å². The van der Waals surface area contributed by atoms with Crippen LogP contribution in [0.4, 0.5) is 5.82 Å². The number of aromatic nitrogens is 2. The lowest BCUT2D eigenvalue weighted by Gasteiger charge is -2.23. The molecule has 17 heavy (non-hydrogen) atoms. The summed E-state index contributed by atoms with van der Waals surface area (Å²) in [7, 11) is 3.87. The van der Waals surface area contributed by atoms with Gasteiger partial charge in [0.1, 0.15) is 5.82 Å². The summed E-state index contributed by atoms with van der Waals surface area (Å²) in [5.74, 6) is 0.947. The first-order valence-electron chi connectivity index (χ1n) is 5.86. The molecule has 1 amide bonds. The number of hydrogen-bond donors (Lipinski definition) is 0. The summed E-state index contributed by atoms with van der Waals surface area (Å²) >= 11 is 0. The number of anilines is 1. The topological polar surface area (TPSA) is 49.3 Å². The molecule has 0 unspecified atom stereocenters. The molecule has 0 aliphatic carbocycles. The highest BCUT2D eigenvalue weighted by molar-refractivity contribution is 5.74. The monoisotopic (exact) mass is 234 g/mol. The fourth-order valence-corrected chi connectivity index (χ4v) is 2.20. The molecule has 2 rings (SSSR count). The molecule has 0 saturated carbocycles. The summed E-state index contributed by atoms with van der Waals surface area (Å²) in [6.45, 7) is 2.44. The van der Waals surface area contributed by atoms with Crippen molar-refractivity contribution in [1.82, 2.24) is 14.9 Å². The molecule has 1 aliphatic rings. The zero-order chi connectivity index (χ0) is 12.4. The van der Waals surface area contributed by atoms with E-state index >= 15 is 0 Å². The molecule has 1 aliphatic heterocycles. The first-order valence-corrected chi connectivity index (χ1v) is 5.86. The fraction of sp³-hybridized carbons (Fsp3) is 0.583. The van der Waals surface area contributed by atoms with Crippen LogP contribution in [0.3, 0.4) is 0 Å². The third-order valence-electron chi connectivity index (χ3n) is 3.10. The predicted octanol–water partition coefficient (Wildman–Crippen LogP) is 1.23. The van der Waals surface area contributed by atoms with Crippen molar-refractivity contribution in [3.8, 4) is 0 Å². The summed E-state index contributed by atoms with van der Waals surface area (Å²) < 4.78 is 0. The second-order valence-corrected chi connectivity index (χ2v) is 4.57. The Morgan fingerprint density at radius 1 is 1.47 bits per heavy atom. The summed E-state index contributed by atoms with van der Waals surface area (Å²) in [6.07, 6.45) is 5.51. The molecule has 1 fully saturated rings. The second kappa shape index (κ2) is 4.69. The van der Waals surface area contributed by atoms with Gasteiger partial charge in [0.2, 0.25) is 5.91 Å². The molecule has 1 atom stereocenters. The fourth-order valence-electron chi connectivity index (χ4n) is 2.20. The van der Waals surface area contributed by atoms with E-state index < -0.39 is 0 Å². The molecule has 0 radical (unpaired) electrons. The van der Waals surface area contributed by atoms with Gasteiger partial charge in [-0.05, 0) is 12.8 Å². The Kier molecular flexibility index (Phi) is 3.26. The van der Waals surface area contributed by atoms with Crippen LogP contribution in [-0.4, -0.2) is 41.4 Å². The molecule has 1 saturated heterocycles. The third-order valence-corrected chi connectivity index (χ3v) is 3.10. The van der Waals surface area contributed by atoms with Crippen LogP contribution >= 0.6 is 0 Å². The summed E-state index contributed by atoms with van der Waals surface area (Å²) in [5, 5.41) is 0. The predicted molar refractivity (Wildman–Crippen MR) is 65.7 cm³/mol. The van der Waals surface area contributed by atoms with Crippen molar-refractivity contribution < 1.29 is 4.79 Å². The van der Waals surface area contributed by atoms with E-state index in [1.807, 2.05) is 23.9 Å². The molecule has 0 aromatic carbocycles. The molecule has 0 N–H and O–H groups in total. The number of nitrogens with zero attached hydrogens (tertiary/aromatic N) is 4. The molecule has 0 spiro atoms. The van der Waals surface area contributed by atoms with Gasteiger partial charge in [0.05, 0.1) is 24.1 Å². The van der Waals surface area contributed by atoms with Crippen LogP contribution in [0, 0.1) is 0 Å². The molecule has 92 valence electrons. The number of carbonyl (C=O) groups is 1. The maximum atomic E-state index is 11.5. The Morgan fingerprint density at radius 3 is 2.88 bits per heavy atom. The van der Waals surface area contributed by atoms with Gasteiger partial charge in [-0.1, -0.05) is 0 Å². The smallest absolute Gasteiger partial charge is 0.220 e. The van der Waals surface area contributed by atoms with Crippen molar-refractivity contribution in [2.45, 2.75) is 25.8 Å². The van der Waals surface area contributed by atoms with Crippen LogP contribution in [-0.2, 0) is 4.79 Å². The Bertz CT molecular complexity index is 419. The largest absolute Gasteiger partial charge is 0.361 e. The maximum Gasteiger partial charge on any atom is 0.220 e. The highest BCUT2D eigenvalue weighted by Crippen LogP contribution is 2.30. The number of hydrogen-bond acceptors (Lipinski definition) is 4. The minimum absolute atomic E-state index is 0.0971. The molecule has 5 nitrogen and oxygen atoms in total. The van der Waals surface area contributed by atoms with Crippen molar-refractivity contribution in [2.75, 3.05) is 25.5 Å². The highest BCUT2D eigenvalue weighted by Gasteiger charge is 2.29. The first kappa shape index (κ1) is 11.8. The highest BCUT2D eigenvalue weighted by atomic mass is 16.2. The van der Waals surface area contributed by atoms with Gasteiger partial charge in [0.15, 0.2) is 0 Å². The first-order chi connectivity index (χ1) is 8.09. The van der Waals surface area contributed by atoms with Crippen LogP contribution in [0.15, 0.2) is 12.4 Å². The van der Waals surface area contributed by atoms with Crippen LogP contribution in [0.2, 0.25) is 0 Å². The lowest BCUT2D eigenvalue weighted by Crippen LogP contribution is -2.29. The van der Waals surface area contributed by atoms with E-state index in [1.54, 1.807) is 19.3 Å². The van der Waals surface area contributed by atoms with Gasteiger partial charge in [-0.25, -0.2) is 4.98 Å². The lowest BCUT2D eigenvalue weighted by molar-refractivity contribution is -0.129.